The number of sulfone groups is 1. The van der Waals surface area contributed by atoms with Crippen molar-refractivity contribution >= 4 is 21.7 Å². The SMILES string of the molecule is CCS(=O)(=O)CC(=O)N1C(C(=O)O)CC2CCCCC21. The summed E-state index contributed by atoms with van der Waals surface area (Å²) < 4.78 is 23.2. The highest BCUT2D eigenvalue weighted by Crippen LogP contribution is 2.39. The molecule has 0 spiro atoms. The van der Waals surface area contributed by atoms with Crippen LogP contribution in [0.5, 0.6) is 0 Å². The molecule has 1 saturated heterocycles. The summed E-state index contributed by atoms with van der Waals surface area (Å²) in [6, 6.07) is -0.952. The number of amides is 1. The summed E-state index contributed by atoms with van der Waals surface area (Å²) in [5, 5.41) is 9.29. The molecule has 7 heteroatoms. The van der Waals surface area contributed by atoms with E-state index in [9.17, 15) is 23.1 Å². The summed E-state index contributed by atoms with van der Waals surface area (Å²) in [5.41, 5.74) is 0. The third kappa shape index (κ3) is 2.97. The molecule has 6 nitrogen and oxygen atoms in total. The van der Waals surface area contributed by atoms with Crippen LogP contribution in [0.25, 0.3) is 0 Å². The van der Waals surface area contributed by atoms with Gasteiger partial charge in [0.2, 0.25) is 5.91 Å². The number of likely N-dealkylation sites (tertiary alicyclic amines) is 1. The number of hydrogen-bond donors (Lipinski definition) is 1. The van der Waals surface area contributed by atoms with Crippen LogP contribution in [0.15, 0.2) is 0 Å². The van der Waals surface area contributed by atoms with Gasteiger partial charge in [0, 0.05) is 11.8 Å². The molecule has 0 aromatic rings. The molecule has 0 aromatic carbocycles. The Morgan fingerprint density at radius 3 is 2.50 bits per heavy atom. The van der Waals surface area contributed by atoms with E-state index in [2.05, 4.69) is 0 Å². The Morgan fingerprint density at radius 1 is 1.25 bits per heavy atom. The second kappa shape index (κ2) is 5.71. The van der Waals surface area contributed by atoms with Crippen molar-refractivity contribution in [1.82, 2.24) is 4.90 Å². The molecule has 3 atom stereocenters. The topological polar surface area (TPSA) is 91.8 Å². The highest BCUT2D eigenvalue weighted by Gasteiger charge is 2.47. The van der Waals surface area contributed by atoms with Crippen LogP contribution >= 0.6 is 0 Å². The van der Waals surface area contributed by atoms with Gasteiger partial charge < -0.3 is 10.0 Å². The number of fused-ring (bicyclic) bond motifs is 1. The lowest BCUT2D eigenvalue weighted by atomic mass is 9.85. The van der Waals surface area contributed by atoms with Gasteiger partial charge in [-0.15, -0.1) is 0 Å². The summed E-state index contributed by atoms with van der Waals surface area (Å²) in [5.74, 6) is -2.04. The summed E-state index contributed by atoms with van der Waals surface area (Å²) in [4.78, 5) is 25.0. The number of nitrogens with zero attached hydrogens (tertiary/aromatic N) is 1. The van der Waals surface area contributed by atoms with Crippen molar-refractivity contribution in [3.63, 3.8) is 0 Å². The fourth-order valence-electron chi connectivity index (χ4n) is 3.40. The van der Waals surface area contributed by atoms with Crippen molar-refractivity contribution < 1.29 is 23.1 Å². The Kier molecular flexibility index (Phi) is 4.36. The minimum Gasteiger partial charge on any atom is -0.480 e. The molecule has 1 heterocycles. The van der Waals surface area contributed by atoms with Crippen molar-refractivity contribution in [2.45, 2.75) is 51.1 Å². The number of carboxylic acid groups (broad SMARTS) is 1. The summed E-state index contributed by atoms with van der Waals surface area (Å²) >= 11 is 0. The summed E-state index contributed by atoms with van der Waals surface area (Å²) in [6.07, 6.45) is 4.20. The fourth-order valence-corrected chi connectivity index (χ4v) is 4.13. The van der Waals surface area contributed by atoms with Gasteiger partial charge >= 0.3 is 5.97 Å². The minimum atomic E-state index is -3.43. The maximum atomic E-state index is 12.3. The van der Waals surface area contributed by atoms with Crippen molar-refractivity contribution in [3.8, 4) is 0 Å². The van der Waals surface area contributed by atoms with Crippen molar-refractivity contribution in [1.29, 1.82) is 0 Å². The van der Waals surface area contributed by atoms with Crippen LogP contribution in [0.1, 0.15) is 39.0 Å². The van der Waals surface area contributed by atoms with Gasteiger partial charge in [0.1, 0.15) is 11.8 Å². The number of rotatable bonds is 4. The molecule has 2 aliphatic rings. The number of aliphatic carboxylic acids is 1. The number of carbonyl (C=O) groups excluding carboxylic acids is 1. The molecule has 0 bridgehead atoms. The molecule has 0 aromatic heterocycles. The van der Waals surface area contributed by atoms with Gasteiger partial charge in [-0.1, -0.05) is 19.8 Å². The van der Waals surface area contributed by atoms with Gasteiger partial charge in [0.25, 0.3) is 0 Å². The van der Waals surface area contributed by atoms with E-state index in [4.69, 9.17) is 0 Å². The third-order valence-electron chi connectivity index (χ3n) is 4.44. The normalized spacial score (nSPS) is 30.1. The lowest BCUT2D eigenvalue weighted by Gasteiger charge is -2.32. The number of carbonyl (C=O) groups is 2. The van der Waals surface area contributed by atoms with E-state index in [0.29, 0.717) is 6.42 Å². The minimum absolute atomic E-state index is 0.0931. The average molecular weight is 303 g/mol. The Bertz CT molecular complexity index is 501. The number of hydrogen-bond acceptors (Lipinski definition) is 4. The zero-order valence-electron chi connectivity index (χ0n) is 11.6. The van der Waals surface area contributed by atoms with E-state index in [0.717, 1.165) is 25.7 Å². The first-order valence-electron chi connectivity index (χ1n) is 7.10. The van der Waals surface area contributed by atoms with Crippen LogP contribution in [-0.2, 0) is 19.4 Å². The monoisotopic (exact) mass is 303 g/mol. The quantitative estimate of drug-likeness (QED) is 0.824. The number of carboxylic acids is 1. The molecular formula is C13H21NO5S. The molecule has 3 unspecified atom stereocenters. The molecular weight excluding hydrogens is 282 g/mol. The highest BCUT2D eigenvalue weighted by molar-refractivity contribution is 7.92. The van der Waals surface area contributed by atoms with Gasteiger partial charge in [-0.05, 0) is 25.2 Å². The average Bonchev–Trinajstić information content (AvgIpc) is 2.77. The molecule has 1 aliphatic carbocycles. The lowest BCUT2D eigenvalue weighted by molar-refractivity contribution is -0.148. The zero-order chi connectivity index (χ0) is 14.9. The molecule has 1 amide bonds. The van der Waals surface area contributed by atoms with Gasteiger partial charge in [-0.2, -0.15) is 0 Å². The predicted molar refractivity (Wildman–Crippen MR) is 73.0 cm³/mol. The van der Waals surface area contributed by atoms with E-state index in [1.54, 1.807) is 0 Å². The van der Waals surface area contributed by atoms with Crippen LogP contribution < -0.4 is 0 Å². The molecule has 1 saturated carbocycles. The van der Waals surface area contributed by atoms with Gasteiger partial charge in [-0.25, -0.2) is 13.2 Å². The molecule has 1 N–H and O–H groups in total. The van der Waals surface area contributed by atoms with E-state index in [1.807, 2.05) is 0 Å². The van der Waals surface area contributed by atoms with Crippen LogP contribution in [0.3, 0.4) is 0 Å². The first kappa shape index (κ1) is 15.3. The fraction of sp³-hybridized carbons (Fsp3) is 0.846. The molecule has 20 heavy (non-hydrogen) atoms. The Hall–Kier alpha value is -1.11. The molecule has 0 radical (unpaired) electrons. The van der Waals surface area contributed by atoms with Crippen molar-refractivity contribution in [2.75, 3.05) is 11.5 Å². The van der Waals surface area contributed by atoms with E-state index < -0.39 is 33.5 Å². The van der Waals surface area contributed by atoms with Gasteiger partial charge in [0.15, 0.2) is 9.84 Å². The first-order valence-corrected chi connectivity index (χ1v) is 8.92. The Balaban J connectivity index is 2.21. The first-order chi connectivity index (χ1) is 9.35. The zero-order valence-corrected chi connectivity index (χ0v) is 12.4. The smallest absolute Gasteiger partial charge is 0.326 e. The maximum Gasteiger partial charge on any atom is 0.326 e. The van der Waals surface area contributed by atoms with Gasteiger partial charge in [0.05, 0.1) is 0 Å². The highest BCUT2D eigenvalue weighted by atomic mass is 32.2. The second-order valence-electron chi connectivity index (χ2n) is 5.68. The maximum absolute atomic E-state index is 12.3. The van der Waals surface area contributed by atoms with Crippen molar-refractivity contribution in [3.05, 3.63) is 0 Å². The van der Waals surface area contributed by atoms with Gasteiger partial charge in [-0.3, -0.25) is 4.79 Å². The predicted octanol–water partition coefficient (Wildman–Crippen LogP) is 0.665. The van der Waals surface area contributed by atoms with E-state index in [1.165, 1.54) is 11.8 Å². The Labute approximate surface area is 119 Å². The Morgan fingerprint density at radius 2 is 1.90 bits per heavy atom. The summed E-state index contributed by atoms with van der Waals surface area (Å²) in [6.45, 7) is 1.49. The van der Waals surface area contributed by atoms with Crippen LogP contribution in [0, 0.1) is 5.92 Å². The molecule has 2 rings (SSSR count). The van der Waals surface area contributed by atoms with E-state index >= 15 is 0 Å². The third-order valence-corrected chi connectivity index (χ3v) is 6.01. The largest absolute Gasteiger partial charge is 0.480 e. The second-order valence-corrected chi connectivity index (χ2v) is 8.03. The molecule has 114 valence electrons. The standard InChI is InChI=1S/C13H21NO5S/c1-2-20(18,19)8-12(15)14-10-6-4-3-5-9(10)7-11(14)13(16)17/h9-11H,2-8H2,1H3,(H,16,17). The van der Waals surface area contributed by atoms with Crippen LogP contribution in [0.2, 0.25) is 0 Å². The molecule has 2 fully saturated rings. The summed E-state index contributed by atoms with van der Waals surface area (Å²) in [7, 11) is -3.43. The van der Waals surface area contributed by atoms with Crippen LogP contribution in [-0.4, -0.2) is 53.9 Å². The van der Waals surface area contributed by atoms with Crippen LogP contribution in [0.4, 0.5) is 0 Å². The van der Waals surface area contributed by atoms with Crippen molar-refractivity contribution in [2.24, 2.45) is 5.92 Å². The van der Waals surface area contributed by atoms with E-state index in [-0.39, 0.29) is 17.7 Å². The lowest BCUT2D eigenvalue weighted by Crippen LogP contribution is -2.48. The molecule has 1 aliphatic heterocycles.